The minimum atomic E-state index is 0.134. The maximum Gasteiger partial charge on any atom is 0.223 e. The van der Waals surface area contributed by atoms with Gasteiger partial charge in [-0.3, -0.25) is 4.79 Å². The Hall–Kier alpha value is -0.790. The predicted octanol–water partition coefficient (Wildman–Crippen LogP) is 2.11. The number of rotatable bonds is 4. The quantitative estimate of drug-likeness (QED) is 0.642. The molecule has 0 heterocycles. The van der Waals surface area contributed by atoms with Crippen LogP contribution in [0.3, 0.4) is 0 Å². The van der Waals surface area contributed by atoms with Crippen LogP contribution >= 0.6 is 0 Å². The van der Waals surface area contributed by atoms with E-state index in [9.17, 15) is 4.79 Å². The number of carbonyl (C=O) groups excluding carboxylic acids is 1. The number of hydrogen-bond acceptors (Lipinski definition) is 1. The Morgan fingerprint density at radius 3 is 2.58 bits per heavy atom. The van der Waals surface area contributed by atoms with Gasteiger partial charge in [-0.15, -0.1) is 0 Å². The smallest absolute Gasteiger partial charge is 0.223 e. The van der Waals surface area contributed by atoms with E-state index in [1.165, 1.54) is 5.57 Å². The van der Waals surface area contributed by atoms with Crippen molar-refractivity contribution in [3.63, 3.8) is 0 Å². The van der Waals surface area contributed by atoms with Gasteiger partial charge < -0.3 is 5.32 Å². The van der Waals surface area contributed by atoms with Crippen LogP contribution in [0.4, 0.5) is 0 Å². The van der Waals surface area contributed by atoms with Crippen molar-refractivity contribution in [3.05, 3.63) is 11.6 Å². The van der Waals surface area contributed by atoms with Gasteiger partial charge in [0.2, 0.25) is 5.91 Å². The summed E-state index contributed by atoms with van der Waals surface area (Å²) >= 11 is 0. The minimum Gasteiger partial charge on any atom is -0.352 e. The van der Waals surface area contributed by atoms with E-state index in [-0.39, 0.29) is 11.8 Å². The molecule has 0 aliphatic carbocycles. The molecule has 1 N–H and O–H groups in total. The Labute approximate surface area is 75.0 Å². The summed E-state index contributed by atoms with van der Waals surface area (Å²) in [5.74, 6) is 0.286. The molecule has 0 saturated carbocycles. The molecule has 70 valence electrons. The molecule has 12 heavy (non-hydrogen) atoms. The van der Waals surface area contributed by atoms with Crippen LogP contribution < -0.4 is 5.32 Å². The van der Waals surface area contributed by atoms with E-state index in [0.717, 1.165) is 6.42 Å². The molecule has 1 atom stereocenters. The molecular formula is C10H19NO. The lowest BCUT2D eigenvalue weighted by molar-refractivity contribution is -0.124. The second kappa shape index (κ2) is 5.81. The average molecular weight is 169 g/mol. The Kier molecular flexibility index (Phi) is 5.43. The van der Waals surface area contributed by atoms with Gasteiger partial charge in [-0.2, -0.15) is 0 Å². The van der Waals surface area contributed by atoms with Crippen LogP contribution in [0.5, 0.6) is 0 Å². The number of carbonyl (C=O) groups is 1. The van der Waals surface area contributed by atoms with Crippen molar-refractivity contribution in [1.29, 1.82) is 0 Å². The van der Waals surface area contributed by atoms with Crippen molar-refractivity contribution in [2.45, 2.75) is 34.1 Å². The number of hydrogen-bond donors (Lipinski definition) is 1. The second-order valence-electron chi connectivity index (χ2n) is 3.16. The normalized spacial score (nSPS) is 14.2. The first-order valence-electron chi connectivity index (χ1n) is 4.51. The van der Waals surface area contributed by atoms with Crippen LogP contribution in [0.1, 0.15) is 34.1 Å². The van der Waals surface area contributed by atoms with E-state index in [2.05, 4.69) is 5.32 Å². The van der Waals surface area contributed by atoms with Gasteiger partial charge in [-0.05, 0) is 20.3 Å². The summed E-state index contributed by atoms with van der Waals surface area (Å²) in [4.78, 5) is 11.3. The number of allylic oxidation sites excluding steroid dienone is 1. The van der Waals surface area contributed by atoms with E-state index in [0.29, 0.717) is 6.54 Å². The molecule has 0 bridgehead atoms. The van der Waals surface area contributed by atoms with Crippen molar-refractivity contribution in [2.24, 2.45) is 5.92 Å². The van der Waals surface area contributed by atoms with Gasteiger partial charge in [0.15, 0.2) is 0 Å². The molecule has 0 fully saturated rings. The molecule has 0 aliphatic rings. The van der Waals surface area contributed by atoms with Crippen LogP contribution in [0.15, 0.2) is 11.6 Å². The lowest BCUT2D eigenvalue weighted by Gasteiger charge is -2.09. The zero-order valence-electron chi connectivity index (χ0n) is 8.48. The first-order valence-corrected chi connectivity index (χ1v) is 4.51. The van der Waals surface area contributed by atoms with Gasteiger partial charge in [-0.1, -0.05) is 25.5 Å². The summed E-state index contributed by atoms with van der Waals surface area (Å²) in [5, 5.41) is 2.88. The molecule has 2 heteroatoms. The SMILES string of the molecule is C/C=C(\C)CNC(=O)[C@@H](C)CC. The molecule has 0 rings (SSSR count). The average Bonchev–Trinajstić information content (AvgIpc) is 2.11. The molecule has 0 aromatic carbocycles. The lowest BCUT2D eigenvalue weighted by Crippen LogP contribution is -2.30. The molecule has 0 unspecified atom stereocenters. The van der Waals surface area contributed by atoms with Crippen LogP contribution in [0.25, 0.3) is 0 Å². The Bertz CT molecular complexity index is 173. The zero-order chi connectivity index (χ0) is 9.56. The van der Waals surface area contributed by atoms with Crippen molar-refractivity contribution in [1.82, 2.24) is 5.32 Å². The monoisotopic (exact) mass is 169 g/mol. The fraction of sp³-hybridized carbons (Fsp3) is 0.700. The maximum atomic E-state index is 11.3. The molecule has 0 aromatic rings. The maximum absolute atomic E-state index is 11.3. The minimum absolute atomic E-state index is 0.134. The molecule has 0 saturated heterocycles. The Morgan fingerprint density at radius 2 is 2.17 bits per heavy atom. The van der Waals surface area contributed by atoms with Crippen LogP contribution in [-0.4, -0.2) is 12.5 Å². The third kappa shape index (κ3) is 4.16. The third-order valence-electron chi connectivity index (χ3n) is 2.09. The lowest BCUT2D eigenvalue weighted by atomic mass is 10.1. The van der Waals surface area contributed by atoms with E-state index in [1.54, 1.807) is 0 Å². The predicted molar refractivity (Wildman–Crippen MR) is 51.9 cm³/mol. The van der Waals surface area contributed by atoms with Gasteiger partial charge in [0.1, 0.15) is 0 Å². The Morgan fingerprint density at radius 1 is 1.58 bits per heavy atom. The van der Waals surface area contributed by atoms with E-state index in [1.807, 2.05) is 33.8 Å². The molecule has 0 radical (unpaired) electrons. The highest BCUT2D eigenvalue weighted by Gasteiger charge is 2.08. The molecule has 0 aromatic heterocycles. The molecule has 0 spiro atoms. The summed E-state index contributed by atoms with van der Waals surface area (Å²) in [6.45, 7) is 8.63. The molecule has 2 nitrogen and oxygen atoms in total. The number of nitrogens with one attached hydrogen (secondary N) is 1. The van der Waals surface area contributed by atoms with Crippen molar-refractivity contribution in [3.8, 4) is 0 Å². The van der Waals surface area contributed by atoms with E-state index in [4.69, 9.17) is 0 Å². The highest BCUT2D eigenvalue weighted by Crippen LogP contribution is 2.00. The standard InChI is InChI=1S/C10H19NO/c1-5-8(3)7-11-10(12)9(4)6-2/h5,9H,6-7H2,1-4H3,(H,11,12)/b8-5+/t9-/m0/s1. The summed E-state index contributed by atoms with van der Waals surface area (Å²) in [7, 11) is 0. The Balaban J connectivity index is 3.72. The number of amides is 1. The van der Waals surface area contributed by atoms with Crippen LogP contribution in [0, 0.1) is 5.92 Å². The van der Waals surface area contributed by atoms with E-state index < -0.39 is 0 Å². The first-order chi connectivity index (χ1) is 5.61. The van der Waals surface area contributed by atoms with Crippen molar-refractivity contribution >= 4 is 5.91 Å². The summed E-state index contributed by atoms with van der Waals surface area (Å²) in [6.07, 6.45) is 2.91. The zero-order valence-corrected chi connectivity index (χ0v) is 8.48. The highest BCUT2D eigenvalue weighted by molar-refractivity contribution is 5.78. The van der Waals surface area contributed by atoms with Crippen molar-refractivity contribution in [2.75, 3.05) is 6.54 Å². The van der Waals surface area contributed by atoms with Crippen LogP contribution in [-0.2, 0) is 4.79 Å². The largest absolute Gasteiger partial charge is 0.352 e. The van der Waals surface area contributed by atoms with Gasteiger partial charge in [0.05, 0.1) is 0 Å². The summed E-state index contributed by atoms with van der Waals surface area (Å²) in [6, 6.07) is 0. The summed E-state index contributed by atoms with van der Waals surface area (Å²) < 4.78 is 0. The highest BCUT2D eigenvalue weighted by atomic mass is 16.1. The van der Waals surface area contributed by atoms with Gasteiger partial charge >= 0.3 is 0 Å². The molecule has 0 aliphatic heterocycles. The fourth-order valence-electron chi connectivity index (χ4n) is 0.688. The molecular weight excluding hydrogens is 150 g/mol. The van der Waals surface area contributed by atoms with Gasteiger partial charge in [0, 0.05) is 12.5 Å². The first kappa shape index (κ1) is 11.2. The van der Waals surface area contributed by atoms with Gasteiger partial charge in [0.25, 0.3) is 0 Å². The van der Waals surface area contributed by atoms with Gasteiger partial charge in [-0.25, -0.2) is 0 Å². The summed E-state index contributed by atoms with van der Waals surface area (Å²) in [5.41, 5.74) is 1.20. The third-order valence-corrected chi connectivity index (χ3v) is 2.09. The van der Waals surface area contributed by atoms with E-state index >= 15 is 0 Å². The van der Waals surface area contributed by atoms with Crippen LogP contribution in [0.2, 0.25) is 0 Å². The fourth-order valence-corrected chi connectivity index (χ4v) is 0.688. The topological polar surface area (TPSA) is 29.1 Å². The van der Waals surface area contributed by atoms with Crippen molar-refractivity contribution < 1.29 is 4.79 Å². The molecule has 1 amide bonds. The second-order valence-corrected chi connectivity index (χ2v) is 3.16.